The lowest BCUT2D eigenvalue weighted by Gasteiger charge is -2.63. The minimum Gasteiger partial charge on any atom is -0.497 e. The van der Waals surface area contributed by atoms with Gasteiger partial charge < -0.3 is 24.9 Å². The van der Waals surface area contributed by atoms with E-state index >= 15 is 0 Å². The third-order valence-electron chi connectivity index (χ3n) is 9.12. The summed E-state index contributed by atoms with van der Waals surface area (Å²) in [5.74, 6) is 1.66. The first-order valence-corrected chi connectivity index (χ1v) is 12.4. The van der Waals surface area contributed by atoms with Gasteiger partial charge in [0, 0.05) is 34.5 Å². The number of rotatable bonds is 2. The smallest absolute Gasteiger partial charge is 0.137 e. The van der Waals surface area contributed by atoms with E-state index in [0.717, 1.165) is 65.1 Å². The highest BCUT2D eigenvalue weighted by molar-refractivity contribution is 5.95. The Hall–Kier alpha value is -3.28. The Morgan fingerprint density at radius 3 is 2.69 bits per heavy atom. The van der Waals surface area contributed by atoms with Crippen LogP contribution in [0.2, 0.25) is 0 Å². The van der Waals surface area contributed by atoms with E-state index in [9.17, 15) is 5.11 Å². The number of nitrogen functional groups attached to an aromatic ring is 1. The molecule has 5 heteroatoms. The maximum atomic E-state index is 12.6. The summed E-state index contributed by atoms with van der Waals surface area (Å²) >= 11 is 0. The van der Waals surface area contributed by atoms with Crippen LogP contribution in [0.3, 0.4) is 0 Å². The number of ether oxygens (including phenoxy) is 1. The van der Waals surface area contributed by atoms with Gasteiger partial charge >= 0.3 is 0 Å². The van der Waals surface area contributed by atoms with Gasteiger partial charge in [-0.15, -0.1) is 0 Å². The van der Waals surface area contributed by atoms with E-state index in [2.05, 4.69) is 30.1 Å². The summed E-state index contributed by atoms with van der Waals surface area (Å²) in [6.45, 7) is 0.954. The lowest BCUT2D eigenvalue weighted by Crippen LogP contribution is -2.73. The van der Waals surface area contributed by atoms with E-state index in [-0.39, 0.29) is 11.5 Å². The van der Waals surface area contributed by atoms with E-state index in [1.807, 2.05) is 42.5 Å². The lowest BCUT2D eigenvalue weighted by molar-refractivity contribution is -0.144. The molecule has 7 rings (SSSR count). The molecular weight excluding hydrogens is 436 g/mol. The van der Waals surface area contributed by atoms with Gasteiger partial charge in [0.2, 0.25) is 0 Å². The average molecular weight is 467 g/mol. The van der Waals surface area contributed by atoms with Crippen molar-refractivity contribution in [1.82, 2.24) is 4.90 Å². The fraction of sp³-hybridized carbons (Fsp3) is 0.333. The molecule has 2 bridgehead atoms. The second-order valence-electron chi connectivity index (χ2n) is 10.6. The van der Waals surface area contributed by atoms with Crippen LogP contribution in [0.1, 0.15) is 28.7 Å². The number of hydrogen-bond donors (Lipinski definition) is 2. The minimum absolute atomic E-state index is 0.0459. The largest absolute Gasteiger partial charge is 0.497 e. The standard InChI is InChI=1S/C30H30N2O3/c1-32-11-10-29-16-20-12-26-22(15-25(35-26)18-6-4-3-5-7-18)28(31)23(20)17-30(29,33)27(32)13-19-8-9-21(34-2)14-24(19)29/h3-9,12,14-15,27,33H,10-11,13,16-17,31H2,1-2H3/t27-,29-,30+/m0/s1. The molecule has 5 nitrogen and oxygen atoms in total. The Labute approximate surface area is 205 Å². The summed E-state index contributed by atoms with van der Waals surface area (Å²) in [6, 6.07) is 20.8. The molecule has 0 spiro atoms. The first kappa shape index (κ1) is 21.0. The van der Waals surface area contributed by atoms with Crippen LogP contribution < -0.4 is 10.5 Å². The summed E-state index contributed by atoms with van der Waals surface area (Å²) in [5.41, 5.74) is 12.9. The molecule has 0 amide bonds. The average Bonchev–Trinajstić information content (AvgIpc) is 3.30. The molecule has 0 radical (unpaired) electrons. The molecule has 35 heavy (non-hydrogen) atoms. The van der Waals surface area contributed by atoms with Crippen molar-refractivity contribution in [3.63, 3.8) is 0 Å². The number of nitrogens with zero attached hydrogens (tertiary/aromatic N) is 1. The molecule has 1 aliphatic heterocycles. The van der Waals surface area contributed by atoms with Crippen molar-refractivity contribution in [3.05, 3.63) is 82.9 Å². The molecule has 2 aliphatic carbocycles. The third kappa shape index (κ3) is 2.71. The molecular formula is C30H30N2O3. The number of likely N-dealkylation sites (tertiary alicyclic amines) is 1. The van der Waals surface area contributed by atoms with E-state index in [4.69, 9.17) is 14.9 Å². The minimum atomic E-state index is -0.903. The van der Waals surface area contributed by atoms with E-state index < -0.39 is 5.60 Å². The first-order valence-electron chi connectivity index (χ1n) is 12.4. The SMILES string of the molecule is COc1ccc2c(c1)[C@@]13CCN(C)[C@@H](C2)[C@]1(O)Cc1c(cc2oc(-c4ccccc4)cc2c1N)C3. The van der Waals surface area contributed by atoms with Gasteiger partial charge in [0.25, 0.3) is 0 Å². The molecule has 3 aliphatic rings. The number of anilines is 1. The molecule has 2 heterocycles. The van der Waals surface area contributed by atoms with E-state index in [1.54, 1.807) is 7.11 Å². The Balaban J connectivity index is 1.44. The number of furan rings is 1. The third-order valence-corrected chi connectivity index (χ3v) is 9.12. The van der Waals surface area contributed by atoms with Crippen LogP contribution in [-0.4, -0.2) is 42.4 Å². The number of methoxy groups -OCH3 is 1. The van der Waals surface area contributed by atoms with Crippen LogP contribution in [0.4, 0.5) is 5.69 Å². The highest BCUT2D eigenvalue weighted by Crippen LogP contribution is 2.58. The fourth-order valence-electron chi connectivity index (χ4n) is 7.26. The van der Waals surface area contributed by atoms with Gasteiger partial charge in [0.1, 0.15) is 17.1 Å². The molecule has 1 aromatic heterocycles. The van der Waals surface area contributed by atoms with Crippen LogP contribution in [0, 0.1) is 0 Å². The van der Waals surface area contributed by atoms with Crippen molar-refractivity contribution >= 4 is 16.7 Å². The number of hydrogen-bond acceptors (Lipinski definition) is 5. The Kier molecular flexibility index (Phi) is 4.28. The maximum Gasteiger partial charge on any atom is 0.137 e. The predicted octanol–water partition coefficient (Wildman–Crippen LogP) is 4.72. The molecule has 3 aromatic carbocycles. The molecule has 3 atom stereocenters. The van der Waals surface area contributed by atoms with Crippen molar-refractivity contribution < 1.29 is 14.3 Å². The second kappa shape index (κ2) is 7.12. The van der Waals surface area contributed by atoms with Gasteiger partial charge in [-0.25, -0.2) is 0 Å². The number of nitrogens with two attached hydrogens (primary N) is 1. The summed E-state index contributed by atoms with van der Waals surface area (Å²) in [5, 5.41) is 13.5. The van der Waals surface area contributed by atoms with E-state index in [1.165, 1.54) is 16.7 Å². The highest BCUT2D eigenvalue weighted by Gasteiger charge is 2.64. The van der Waals surface area contributed by atoms with Crippen LogP contribution >= 0.6 is 0 Å². The van der Waals surface area contributed by atoms with Crippen LogP contribution in [0.5, 0.6) is 5.75 Å². The van der Waals surface area contributed by atoms with Crippen LogP contribution in [-0.2, 0) is 24.7 Å². The summed E-state index contributed by atoms with van der Waals surface area (Å²) in [6.07, 6.45) is 3.00. The highest BCUT2D eigenvalue weighted by atomic mass is 16.5. The van der Waals surface area contributed by atoms with Crippen molar-refractivity contribution in [3.8, 4) is 17.1 Å². The summed E-state index contributed by atoms with van der Waals surface area (Å²) in [7, 11) is 3.85. The maximum absolute atomic E-state index is 12.6. The van der Waals surface area contributed by atoms with E-state index in [0.29, 0.717) is 6.42 Å². The molecule has 3 N–H and O–H groups in total. The van der Waals surface area contributed by atoms with Gasteiger partial charge in [-0.1, -0.05) is 36.4 Å². The Bertz CT molecular complexity index is 1480. The monoisotopic (exact) mass is 466 g/mol. The number of likely N-dealkylation sites (N-methyl/N-ethyl adjacent to an activating group) is 1. The van der Waals surface area contributed by atoms with Gasteiger partial charge in [-0.3, -0.25) is 0 Å². The zero-order chi connectivity index (χ0) is 23.9. The lowest BCUT2D eigenvalue weighted by atomic mass is 9.49. The Morgan fingerprint density at radius 1 is 1.06 bits per heavy atom. The second-order valence-corrected chi connectivity index (χ2v) is 10.6. The number of aliphatic hydroxyl groups is 1. The fourth-order valence-corrected chi connectivity index (χ4v) is 7.26. The number of piperidine rings is 1. The molecule has 0 saturated carbocycles. The van der Waals surface area contributed by atoms with Crippen LogP contribution in [0.25, 0.3) is 22.3 Å². The number of benzene rings is 3. The van der Waals surface area contributed by atoms with Gasteiger partial charge in [0.15, 0.2) is 0 Å². The zero-order valence-corrected chi connectivity index (χ0v) is 20.2. The summed E-state index contributed by atoms with van der Waals surface area (Å²) < 4.78 is 11.9. The molecule has 0 unspecified atom stereocenters. The topological polar surface area (TPSA) is 71.9 Å². The van der Waals surface area contributed by atoms with Gasteiger partial charge in [-0.2, -0.15) is 0 Å². The molecule has 4 aromatic rings. The molecule has 178 valence electrons. The molecule has 1 saturated heterocycles. The number of fused-ring (bicyclic) bond motifs is 3. The van der Waals surface area contributed by atoms with Crippen molar-refractivity contribution in [2.45, 2.75) is 42.7 Å². The predicted molar refractivity (Wildman–Crippen MR) is 138 cm³/mol. The first-order chi connectivity index (χ1) is 16.9. The zero-order valence-electron chi connectivity index (χ0n) is 20.2. The van der Waals surface area contributed by atoms with Crippen molar-refractivity contribution in [2.75, 3.05) is 26.4 Å². The van der Waals surface area contributed by atoms with Gasteiger partial charge in [0.05, 0.1) is 12.7 Å². The van der Waals surface area contributed by atoms with Crippen LogP contribution in [0.15, 0.2) is 65.1 Å². The summed E-state index contributed by atoms with van der Waals surface area (Å²) in [4.78, 5) is 2.34. The van der Waals surface area contributed by atoms with Gasteiger partial charge in [-0.05, 0) is 79.4 Å². The Morgan fingerprint density at radius 2 is 1.89 bits per heavy atom. The normalized spacial score (nSPS) is 27.2. The van der Waals surface area contributed by atoms with Crippen molar-refractivity contribution in [2.24, 2.45) is 0 Å². The van der Waals surface area contributed by atoms with Crippen molar-refractivity contribution in [1.29, 1.82) is 0 Å². The molecule has 1 fully saturated rings. The quantitative estimate of drug-likeness (QED) is 0.419.